The fraction of sp³-hybridized carbons (Fsp3) is 0.348. The van der Waals surface area contributed by atoms with Gasteiger partial charge in [-0.1, -0.05) is 62.4 Å². The van der Waals surface area contributed by atoms with Crippen molar-refractivity contribution in [3.63, 3.8) is 0 Å². The van der Waals surface area contributed by atoms with E-state index in [9.17, 15) is 18.8 Å². The van der Waals surface area contributed by atoms with E-state index in [1.807, 2.05) is 30.3 Å². The molecule has 8 heteroatoms. The lowest BCUT2D eigenvalue weighted by molar-refractivity contribution is -0.145. The lowest BCUT2D eigenvalue weighted by atomic mass is 10.0. The molecule has 0 fully saturated rings. The van der Waals surface area contributed by atoms with E-state index in [-0.39, 0.29) is 24.5 Å². The number of ether oxygens (including phenoxy) is 2. The predicted molar refractivity (Wildman–Crippen MR) is 112 cm³/mol. The molecule has 0 aliphatic heterocycles. The summed E-state index contributed by atoms with van der Waals surface area (Å²) in [6.45, 7) is 3.54. The minimum Gasteiger partial charge on any atom is -0.467 e. The van der Waals surface area contributed by atoms with Crippen LogP contribution in [0.15, 0.2) is 54.6 Å². The fourth-order valence-electron chi connectivity index (χ4n) is 2.91. The van der Waals surface area contributed by atoms with Crippen molar-refractivity contribution < 1.29 is 28.2 Å². The van der Waals surface area contributed by atoms with Crippen LogP contribution in [0.4, 0.5) is 9.18 Å². The van der Waals surface area contributed by atoms with E-state index in [2.05, 4.69) is 10.6 Å². The Hall–Kier alpha value is -3.42. The largest absolute Gasteiger partial charge is 0.467 e. The van der Waals surface area contributed by atoms with Gasteiger partial charge in [0.2, 0.25) is 5.91 Å². The number of carbonyl (C=O) groups is 3. The van der Waals surface area contributed by atoms with Gasteiger partial charge in [-0.05, 0) is 23.1 Å². The molecule has 0 bridgehead atoms. The molecular weight excluding hydrogens is 403 g/mol. The number of hydrogen-bond donors (Lipinski definition) is 2. The lowest BCUT2D eigenvalue weighted by Crippen LogP contribution is -2.54. The SMILES string of the molecule is COC(=O)[C@@H](Cc1ccccc1F)NC(=O)[C@H](NC(=O)OCc1ccccc1)C(C)C. The van der Waals surface area contributed by atoms with Gasteiger partial charge in [-0.15, -0.1) is 0 Å². The van der Waals surface area contributed by atoms with Gasteiger partial charge in [0.1, 0.15) is 24.5 Å². The van der Waals surface area contributed by atoms with Crippen LogP contribution < -0.4 is 10.6 Å². The first-order valence-electron chi connectivity index (χ1n) is 9.90. The quantitative estimate of drug-likeness (QED) is 0.597. The van der Waals surface area contributed by atoms with E-state index in [1.54, 1.807) is 19.9 Å². The molecule has 0 aromatic heterocycles. The fourth-order valence-corrected chi connectivity index (χ4v) is 2.91. The Kier molecular flexibility index (Phi) is 8.99. The summed E-state index contributed by atoms with van der Waals surface area (Å²) in [5.41, 5.74) is 1.06. The highest BCUT2D eigenvalue weighted by Crippen LogP contribution is 2.11. The molecule has 2 aromatic rings. The third-order valence-electron chi connectivity index (χ3n) is 4.62. The Morgan fingerprint density at radius 1 is 0.968 bits per heavy atom. The van der Waals surface area contributed by atoms with E-state index in [0.29, 0.717) is 0 Å². The van der Waals surface area contributed by atoms with Crippen LogP contribution in [0.2, 0.25) is 0 Å². The van der Waals surface area contributed by atoms with Crippen molar-refractivity contribution in [2.45, 2.75) is 39.0 Å². The Balaban J connectivity index is 2.03. The standard InChI is InChI=1S/C23H27FN2O5/c1-15(2)20(26-23(29)31-14-16-9-5-4-6-10-16)21(27)25-19(22(28)30-3)13-17-11-7-8-12-18(17)24/h4-12,15,19-20H,13-14H2,1-3H3,(H,25,27)(H,26,29)/t19-,20-/m1/s1. The normalized spacial score (nSPS) is 12.5. The zero-order valence-electron chi connectivity index (χ0n) is 17.8. The average molecular weight is 430 g/mol. The van der Waals surface area contributed by atoms with Crippen LogP contribution in [0, 0.1) is 11.7 Å². The summed E-state index contributed by atoms with van der Waals surface area (Å²) in [6.07, 6.45) is -0.852. The summed E-state index contributed by atoms with van der Waals surface area (Å²) in [5.74, 6) is -2.10. The highest BCUT2D eigenvalue weighted by Gasteiger charge is 2.30. The van der Waals surface area contributed by atoms with Crippen molar-refractivity contribution in [1.82, 2.24) is 10.6 Å². The first kappa shape index (κ1) is 23.9. The minimum atomic E-state index is -1.11. The molecular formula is C23H27FN2O5. The Bertz CT molecular complexity index is 889. The number of hydrogen-bond acceptors (Lipinski definition) is 5. The molecule has 0 spiro atoms. The topological polar surface area (TPSA) is 93.7 Å². The zero-order chi connectivity index (χ0) is 22.8. The van der Waals surface area contributed by atoms with Crippen molar-refractivity contribution in [2.75, 3.05) is 7.11 Å². The monoisotopic (exact) mass is 430 g/mol. The van der Waals surface area contributed by atoms with Crippen molar-refractivity contribution in [1.29, 1.82) is 0 Å². The molecule has 2 aromatic carbocycles. The van der Waals surface area contributed by atoms with Gasteiger partial charge in [-0.25, -0.2) is 14.0 Å². The maximum atomic E-state index is 14.0. The van der Waals surface area contributed by atoms with Gasteiger partial charge in [0.25, 0.3) is 0 Å². The van der Waals surface area contributed by atoms with E-state index in [0.717, 1.165) is 5.56 Å². The van der Waals surface area contributed by atoms with Crippen LogP contribution in [0.25, 0.3) is 0 Å². The Morgan fingerprint density at radius 3 is 2.23 bits per heavy atom. The lowest BCUT2D eigenvalue weighted by Gasteiger charge is -2.24. The summed E-state index contributed by atoms with van der Waals surface area (Å²) in [4.78, 5) is 37.2. The number of methoxy groups -OCH3 is 1. The highest BCUT2D eigenvalue weighted by molar-refractivity contribution is 5.90. The van der Waals surface area contributed by atoms with Crippen LogP contribution in [0.5, 0.6) is 0 Å². The van der Waals surface area contributed by atoms with Crippen LogP contribution >= 0.6 is 0 Å². The maximum absolute atomic E-state index is 14.0. The van der Waals surface area contributed by atoms with E-state index in [4.69, 9.17) is 9.47 Å². The molecule has 7 nitrogen and oxygen atoms in total. The maximum Gasteiger partial charge on any atom is 0.408 e. The van der Waals surface area contributed by atoms with Crippen molar-refractivity contribution in [3.8, 4) is 0 Å². The minimum absolute atomic E-state index is 0.0528. The summed E-state index contributed by atoms with van der Waals surface area (Å²) >= 11 is 0. The molecule has 0 unspecified atom stereocenters. The Labute approximate surface area is 180 Å². The number of carbonyl (C=O) groups excluding carboxylic acids is 3. The van der Waals surface area contributed by atoms with Crippen LogP contribution in [0.3, 0.4) is 0 Å². The molecule has 2 N–H and O–H groups in total. The number of nitrogens with one attached hydrogen (secondary N) is 2. The van der Waals surface area contributed by atoms with Gasteiger partial charge in [0, 0.05) is 6.42 Å². The molecule has 0 saturated carbocycles. The van der Waals surface area contributed by atoms with Gasteiger partial charge < -0.3 is 20.1 Å². The van der Waals surface area contributed by atoms with Crippen molar-refractivity contribution in [3.05, 3.63) is 71.5 Å². The van der Waals surface area contributed by atoms with E-state index < -0.39 is 35.9 Å². The summed E-state index contributed by atoms with van der Waals surface area (Å²) < 4.78 is 23.9. The molecule has 0 heterocycles. The summed E-state index contributed by atoms with van der Waals surface area (Å²) in [7, 11) is 1.18. The number of esters is 1. The molecule has 2 amide bonds. The van der Waals surface area contributed by atoms with Gasteiger partial charge in [0.15, 0.2) is 0 Å². The predicted octanol–water partition coefficient (Wildman–Crippen LogP) is 2.98. The molecule has 0 saturated heterocycles. The third-order valence-corrected chi connectivity index (χ3v) is 4.62. The van der Waals surface area contributed by atoms with E-state index in [1.165, 1.54) is 25.3 Å². The smallest absolute Gasteiger partial charge is 0.408 e. The number of benzene rings is 2. The molecule has 166 valence electrons. The van der Waals surface area contributed by atoms with Gasteiger partial charge >= 0.3 is 12.1 Å². The van der Waals surface area contributed by atoms with Crippen LogP contribution in [-0.4, -0.2) is 37.2 Å². The molecule has 2 atom stereocenters. The van der Waals surface area contributed by atoms with Crippen LogP contribution in [0.1, 0.15) is 25.0 Å². The third kappa shape index (κ3) is 7.40. The van der Waals surface area contributed by atoms with Gasteiger partial charge in [-0.3, -0.25) is 4.79 Å². The second-order valence-corrected chi connectivity index (χ2v) is 7.31. The number of halogens is 1. The summed E-state index contributed by atoms with van der Waals surface area (Å²) in [5, 5.41) is 5.08. The number of amides is 2. The summed E-state index contributed by atoms with van der Waals surface area (Å²) in [6, 6.07) is 13.0. The second-order valence-electron chi connectivity index (χ2n) is 7.31. The van der Waals surface area contributed by atoms with Crippen LogP contribution in [-0.2, 0) is 32.1 Å². The van der Waals surface area contributed by atoms with Gasteiger partial charge in [-0.2, -0.15) is 0 Å². The zero-order valence-corrected chi connectivity index (χ0v) is 17.8. The first-order valence-corrected chi connectivity index (χ1v) is 9.90. The highest BCUT2D eigenvalue weighted by atomic mass is 19.1. The Morgan fingerprint density at radius 2 is 1.61 bits per heavy atom. The number of rotatable bonds is 9. The van der Waals surface area contributed by atoms with Crippen molar-refractivity contribution in [2.24, 2.45) is 5.92 Å². The molecule has 0 aliphatic rings. The molecule has 31 heavy (non-hydrogen) atoms. The number of alkyl carbamates (subject to hydrolysis) is 1. The molecule has 0 aliphatic carbocycles. The van der Waals surface area contributed by atoms with E-state index >= 15 is 0 Å². The molecule has 2 rings (SSSR count). The van der Waals surface area contributed by atoms with Crippen molar-refractivity contribution >= 4 is 18.0 Å². The average Bonchev–Trinajstić information content (AvgIpc) is 2.76. The molecule has 0 radical (unpaired) electrons. The second kappa shape index (κ2) is 11.7. The van der Waals surface area contributed by atoms with Gasteiger partial charge in [0.05, 0.1) is 7.11 Å². The first-order chi connectivity index (χ1) is 14.8.